The Hall–Kier alpha value is -1.02. The molecule has 0 atom stereocenters. The van der Waals surface area contributed by atoms with E-state index < -0.39 is 0 Å². The molecule has 0 heterocycles. The second-order valence-corrected chi connectivity index (χ2v) is 5.48. The molecule has 0 radical (unpaired) electrons. The number of benzene rings is 1. The SMILES string of the molecule is CCc1cc(C[N+](C)(C)C)cc(CC)c1N. The molecule has 1 aromatic carbocycles. The van der Waals surface area contributed by atoms with Crippen LogP contribution < -0.4 is 5.73 Å². The minimum absolute atomic E-state index is 0.955. The van der Waals surface area contributed by atoms with Crippen LogP contribution in [-0.2, 0) is 19.4 Å². The molecule has 0 aromatic heterocycles. The molecule has 0 fully saturated rings. The van der Waals surface area contributed by atoms with Crippen LogP contribution in [0.4, 0.5) is 5.69 Å². The van der Waals surface area contributed by atoms with E-state index in [-0.39, 0.29) is 0 Å². The third-order valence-corrected chi connectivity index (χ3v) is 2.83. The van der Waals surface area contributed by atoms with Gasteiger partial charge in [-0.3, -0.25) is 0 Å². The van der Waals surface area contributed by atoms with Crippen molar-refractivity contribution in [3.8, 4) is 0 Å². The Morgan fingerprint density at radius 3 is 1.75 bits per heavy atom. The molecule has 2 nitrogen and oxygen atoms in total. The van der Waals surface area contributed by atoms with E-state index in [1.807, 2.05) is 0 Å². The van der Waals surface area contributed by atoms with Gasteiger partial charge in [-0.25, -0.2) is 0 Å². The maximum Gasteiger partial charge on any atom is 0.104 e. The quantitative estimate of drug-likeness (QED) is 0.614. The highest BCUT2D eigenvalue weighted by Crippen LogP contribution is 2.22. The van der Waals surface area contributed by atoms with Gasteiger partial charge < -0.3 is 10.2 Å². The molecule has 0 unspecified atom stereocenters. The van der Waals surface area contributed by atoms with Crippen molar-refractivity contribution in [3.63, 3.8) is 0 Å². The van der Waals surface area contributed by atoms with Gasteiger partial charge in [0.2, 0.25) is 0 Å². The number of hydrogen-bond acceptors (Lipinski definition) is 1. The minimum Gasteiger partial charge on any atom is -0.398 e. The smallest absolute Gasteiger partial charge is 0.104 e. The van der Waals surface area contributed by atoms with E-state index in [0.717, 1.165) is 29.6 Å². The summed E-state index contributed by atoms with van der Waals surface area (Å²) in [5.74, 6) is 0. The first kappa shape index (κ1) is 13.0. The highest BCUT2D eigenvalue weighted by molar-refractivity contribution is 5.55. The molecule has 16 heavy (non-hydrogen) atoms. The first-order valence-electron chi connectivity index (χ1n) is 6.08. The lowest BCUT2D eigenvalue weighted by molar-refractivity contribution is -0.884. The summed E-state index contributed by atoms with van der Waals surface area (Å²) in [6.07, 6.45) is 2.04. The number of nitrogen functional groups attached to an aromatic ring is 1. The molecule has 0 bridgehead atoms. The predicted molar refractivity (Wildman–Crippen MR) is 71.3 cm³/mol. The Labute approximate surface area is 99.7 Å². The number of quaternary nitrogens is 1. The zero-order valence-corrected chi connectivity index (χ0v) is 11.3. The molecule has 0 amide bonds. The number of anilines is 1. The van der Waals surface area contributed by atoms with Crippen molar-refractivity contribution in [1.29, 1.82) is 0 Å². The molecular weight excluding hydrogens is 196 g/mol. The van der Waals surface area contributed by atoms with Crippen molar-refractivity contribution in [2.45, 2.75) is 33.2 Å². The Kier molecular flexibility index (Phi) is 3.98. The zero-order valence-electron chi connectivity index (χ0n) is 11.3. The molecule has 0 spiro atoms. The lowest BCUT2D eigenvalue weighted by Crippen LogP contribution is -2.33. The van der Waals surface area contributed by atoms with Crippen LogP contribution in [0.2, 0.25) is 0 Å². The first-order chi connectivity index (χ1) is 7.37. The number of rotatable bonds is 4. The second kappa shape index (κ2) is 4.88. The molecule has 2 N–H and O–H groups in total. The maximum atomic E-state index is 6.13. The summed E-state index contributed by atoms with van der Waals surface area (Å²) in [7, 11) is 6.65. The Morgan fingerprint density at radius 1 is 1.00 bits per heavy atom. The van der Waals surface area contributed by atoms with Crippen LogP contribution in [0.5, 0.6) is 0 Å². The van der Waals surface area contributed by atoms with Crippen LogP contribution in [0.1, 0.15) is 30.5 Å². The Bertz CT molecular complexity index is 336. The van der Waals surface area contributed by atoms with Crippen molar-refractivity contribution >= 4 is 5.69 Å². The molecule has 1 rings (SSSR count). The van der Waals surface area contributed by atoms with Gasteiger partial charge in [-0.15, -0.1) is 0 Å². The van der Waals surface area contributed by atoms with Gasteiger partial charge in [-0.05, 0) is 36.1 Å². The standard InChI is InChI=1S/C14H25N2/c1-6-12-8-11(10-16(3,4)5)9-13(7-2)14(12)15/h8-9H,6-7,10,15H2,1-5H3/q+1. The molecule has 0 saturated carbocycles. The van der Waals surface area contributed by atoms with Gasteiger partial charge in [0, 0.05) is 11.3 Å². The number of nitrogens with two attached hydrogens (primary N) is 1. The van der Waals surface area contributed by atoms with Crippen LogP contribution in [0, 0.1) is 0 Å². The van der Waals surface area contributed by atoms with Gasteiger partial charge in [0.1, 0.15) is 6.54 Å². The van der Waals surface area contributed by atoms with Crippen LogP contribution >= 0.6 is 0 Å². The molecule has 0 aliphatic carbocycles. The summed E-state index contributed by atoms with van der Waals surface area (Å²) in [4.78, 5) is 0. The van der Waals surface area contributed by atoms with E-state index in [2.05, 4.69) is 47.1 Å². The summed E-state index contributed by atoms with van der Waals surface area (Å²) in [5, 5.41) is 0. The third-order valence-electron chi connectivity index (χ3n) is 2.83. The summed E-state index contributed by atoms with van der Waals surface area (Å²) >= 11 is 0. The van der Waals surface area contributed by atoms with Crippen molar-refractivity contribution in [2.24, 2.45) is 0 Å². The highest BCUT2D eigenvalue weighted by atomic mass is 15.3. The average molecular weight is 221 g/mol. The average Bonchev–Trinajstić information content (AvgIpc) is 2.18. The van der Waals surface area contributed by atoms with Gasteiger partial charge in [0.25, 0.3) is 0 Å². The maximum absolute atomic E-state index is 6.13. The van der Waals surface area contributed by atoms with E-state index in [1.54, 1.807) is 0 Å². The fourth-order valence-corrected chi connectivity index (χ4v) is 2.08. The summed E-state index contributed by atoms with van der Waals surface area (Å²) in [5.41, 5.74) is 11.1. The largest absolute Gasteiger partial charge is 0.398 e. The van der Waals surface area contributed by atoms with Crippen LogP contribution in [0.15, 0.2) is 12.1 Å². The van der Waals surface area contributed by atoms with Crippen LogP contribution in [0.25, 0.3) is 0 Å². The van der Waals surface area contributed by atoms with Crippen molar-refractivity contribution < 1.29 is 4.48 Å². The Morgan fingerprint density at radius 2 is 1.44 bits per heavy atom. The number of hydrogen-bond donors (Lipinski definition) is 1. The second-order valence-electron chi connectivity index (χ2n) is 5.48. The van der Waals surface area contributed by atoms with Gasteiger partial charge in [-0.2, -0.15) is 0 Å². The van der Waals surface area contributed by atoms with Gasteiger partial charge in [0.05, 0.1) is 21.1 Å². The molecule has 90 valence electrons. The predicted octanol–water partition coefficient (Wildman–Crippen LogP) is 2.60. The van der Waals surface area contributed by atoms with Crippen molar-refractivity contribution in [3.05, 3.63) is 28.8 Å². The van der Waals surface area contributed by atoms with Gasteiger partial charge >= 0.3 is 0 Å². The molecule has 0 aliphatic heterocycles. The first-order valence-corrected chi connectivity index (χ1v) is 6.08. The summed E-state index contributed by atoms with van der Waals surface area (Å²) in [6, 6.07) is 4.52. The monoisotopic (exact) mass is 221 g/mol. The normalized spacial score (nSPS) is 11.8. The number of nitrogens with zero attached hydrogens (tertiary/aromatic N) is 1. The van der Waals surface area contributed by atoms with E-state index in [1.165, 1.54) is 16.7 Å². The molecule has 0 saturated heterocycles. The number of aryl methyl sites for hydroxylation is 2. The molecule has 0 aliphatic rings. The minimum atomic E-state index is 0.955. The molecular formula is C14H25N2+. The highest BCUT2D eigenvalue weighted by Gasteiger charge is 2.12. The topological polar surface area (TPSA) is 26.0 Å². The van der Waals surface area contributed by atoms with Gasteiger partial charge in [-0.1, -0.05) is 13.8 Å². The lowest BCUT2D eigenvalue weighted by Gasteiger charge is -2.25. The molecule has 1 aromatic rings. The molecule has 2 heteroatoms. The van der Waals surface area contributed by atoms with Crippen molar-refractivity contribution in [1.82, 2.24) is 0 Å². The Balaban J connectivity index is 3.12. The third kappa shape index (κ3) is 3.24. The van der Waals surface area contributed by atoms with E-state index in [0.29, 0.717) is 0 Å². The summed E-state index contributed by atoms with van der Waals surface area (Å²) < 4.78 is 0.955. The van der Waals surface area contributed by atoms with Gasteiger partial charge in [0.15, 0.2) is 0 Å². The van der Waals surface area contributed by atoms with E-state index >= 15 is 0 Å². The van der Waals surface area contributed by atoms with Crippen LogP contribution in [0.3, 0.4) is 0 Å². The lowest BCUT2D eigenvalue weighted by atomic mass is 9.99. The van der Waals surface area contributed by atoms with E-state index in [9.17, 15) is 0 Å². The van der Waals surface area contributed by atoms with Crippen molar-refractivity contribution in [2.75, 3.05) is 26.9 Å². The summed E-state index contributed by atoms with van der Waals surface area (Å²) in [6.45, 7) is 5.39. The fraction of sp³-hybridized carbons (Fsp3) is 0.571. The van der Waals surface area contributed by atoms with E-state index in [4.69, 9.17) is 5.73 Å². The zero-order chi connectivity index (χ0) is 12.3. The van der Waals surface area contributed by atoms with Crippen LogP contribution in [-0.4, -0.2) is 25.6 Å². The fourth-order valence-electron chi connectivity index (χ4n) is 2.08.